The van der Waals surface area contributed by atoms with E-state index in [1.165, 1.54) is 6.08 Å². The first-order valence-corrected chi connectivity index (χ1v) is 6.23. The van der Waals surface area contributed by atoms with E-state index in [1.807, 2.05) is 19.0 Å². The molecule has 0 bridgehead atoms. The van der Waals surface area contributed by atoms with E-state index in [-0.39, 0.29) is 11.1 Å². The van der Waals surface area contributed by atoms with Crippen molar-refractivity contribution in [2.45, 2.75) is 0 Å². The molecule has 0 saturated heterocycles. The molecule has 0 aliphatic carbocycles. The van der Waals surface area contributed by atoms with Crippen molar-refractivity contribution in [3.8, 4) is 5.75 Å². The predicted octanol–water partition coefficient (Wildman–Crippen LogP) is 4.76. The van der Waals surface area contributed by atoms with Gasteiger partial charge < -0.3 is 9.64 Å². The number of nitrogens with zero attached hydrogens (tertiary/aromatic N) is 1. The average molecular weight is 315 g/mol. The summed E-state index contributed by atoms with van der Waals surface area (Å²) >= 11 is 23.1. The molecule has 0 aliphatic rings. The maximum atomic E-state index is 6.10. The van der Waals surface area contributed by atoms with Crippen LogP contribution in [0.15, 0.2) is 22.7 Å². The molecule has 6 heteroatoms. The zero-order valence-corrected chi connectivity index (χ0v) is 12.3. The third kappa shape index (κ3) is 4.47. The molecule has 94 valence electrons. The molecule has 0 fully saturated rings. The molecule has 1 rings (SSSR count). The van der Waals surface area contributed by atoms with Crippen molar-refractivity contribution >= 4 is 52.1 Å². The second-order valence-electron chi connectivity index (χ2n) is 3.43. The highest BCUT2D eigenvalue weighted by Gasteiger charge is 2.10. The molecule has 0 radical (unpaired) electrons. The van der Waals surface area contributed by atoms with Crippen LogP contribution in [0.25, 0.3) is 0 Å². The van der Waals surface area contributed by atoms with Gasteiger partial charge in [-0.2, -0.15) is 0 Å². The average Bonchev–Trinajstić information content (AvgIpc) is 2.14. The largest absolute Gasteiger partial charge is 0.489 e. The maximum absolute atomic E-state index is 6.10. The van der Waals surface area contributed by atoms with Crippen molar-refractivity contribution in [3.05, 3.63) is 32.7 Å². The Morgan fingerprint density at radius 1 is 1.24 bits per heavy atom. The van der Waals surface area contributed by atoms with Gasteiger partial charge in [0.2, 0.25) is 0 Å². The van der Waals surface area contributed by atoms with Crippen molar-refractivity contribution in [1.82, 2.24) is 0 Å². The van der Waals surface area contributed by atoms with Crippen LogP contribution in [0.4, 0.5) is 5.69 Å². The van der Waals surface area contributed by atoms with E-state index in [2.05, 4.69) is 0 Å². The number of benzene rings is 1. The Morgan fingerprint density at radius 3 is 2.18 bits per heavy atom. The third-order valence-corrected chi connectivity index (χ3v) is 2.81. The maximum Gasteiger partial charge on any atom is 0.122 e. The lowest BCUT2D eigenvalue weighted by Crippen LogP contribution is -2.10. The van der Waals surface area contributed by atoms with Crippen LogP contribution in [0.2, 0.25) is 10.0 Å². The zero-order valence-electron chi connectivity index (χ0n) is 9.31. The van der Waals surface area contributed by atoms with Gasteiger partial charge in [0, 0.05) is 26.2 Å². The highest BCUT2D eigenvalue weighted by Crippen LogP contribution is 2.36. The van der Waals surface area contributed by atoms with Gasteiger partial charge in [-0.25, -0.2) is 0 Å². The van der Waals surface area contributed by atoms with Gasteiger partial charge in [-0.15, -0.1) is 0 Å². The molecule has 17 heavy (non-hydrogen) atoms. The standard InChI is InChI=1S/C11H11Cl4NO/c1-16(2)11-8(12)5-7(6-9(11)13)17-4-3-10(14)15/h3,5-6H,4H2,1-2H3. The molecule has 2 nitrogen and oxygen atoms in total. The van der Waals surface area contributed by atoms with E-state index in [1.54, 1.807) is 12.1 Å². The zero-order chi connectivity index (χ0) is 13.0. The van der Waals surface area contributed by atoms with Gasteiger partial charge in [-0.05, 0) is 6.08 Å². The Labute approximate surface area is 121 Å². The molecule has 0 amide bonds. The van der Waals surface area contributed by atoms with Crippen LogP contribution < -0.4 is 9.64 Å². The molecule has 0 heterocycles. The molecule has 0 saturated carbocycles. The van der Waals surface area contributed by atoms with Crippen molar-refractivity contribution in [1.29, 1.82) is 0 Å². The van der Waals surface area contributed by atoms with Crippen molar-refractivity contribution in [2.24, 2.45) is 0 Å². The van der Waals surface area contributed by atoms with Gasteiger partial charge in [0.05, 0.1) is 15.7 Å². The highest BCUT2D eigenvalue weighted by atomic mass is 35.5. The fourth-order valence-electron chi connectivity index (χ4n) is 1.25. The summed E-state index contributed by atoms with van der Waals surface area (Å²) in [5.74, 6) is 0.566. The number of halogens is 4. The fraction of sp³-hybridized carbons (Fsp3) is 0.273. The summed E-state index contributed by atoms with van der Waals surface area (Å²) in [6, 6.07) is 3.39. The second-order valence-corrected chi connectivity index (χ2v) is 5.26. The molecule has 0 aliphatic heterocycles. The van der Waals surface area contributed by atoms with E-state index in [4.69, 9.17) is 51.1 Å². The highest BCUT2D eigenvalue weighted by molar-refractivity contribution is 6.55. The summed E-state index contributed by atoms with van der Waals surface area (Å²) in [6.45, 7) is 0.260. The monoisotopic (exact) mass is 313 g/mol. The van der Waals surface area contributed by atoms with Gasteiger partial charge in [0.15, 0.2) is 0 Å². The minimum absolute atomic E-state index is 0.159. The Hall–Kier alpha value is -0.280. The van der Waals surface area contributed by atoms with E-state index in [0.717, 1.165) is 5.69 Å². The van der Waals surface area contributed by atoms with E-state index < -0.39 is 0 Å². The first-order valence-electron chi connectivity index (χ1n) is 4.72. The molecule has 1 aromatic carbocycles. The van der Waals surface area contributed by atoms with Crippen LogP contribution in [0.1, 0.15) is 0 Å². The van der Waals surface area contributed by atoms with Gasteiger partial charge in [-0.3, -0.25) is 0 Å². The normalized spacial score (nSPS) is 10.0. The van der Waals surface area contributed by atoms with Crippen molar-refractivity contribution in [3.63, 3.8) is 0 Å². The smallest absolute Gasteiger partial charge is 0.122 e. The van der Waals surface area contributed by atoms with Crippen molar-refractivity contribution < 1.29 is 4.74 Å². The second kappa shape index (κ2) is 6.60. The minimum Gasteiger partial charge on any atom is -0.489 e. The van der Waals surface area contributed by atoms with E-state index in [0.29, 0.717) is 15.8 Å². The molecule has 0 aromatic heterocycles. The van der Waals surface area contributed by atoms with Gasteiger partial charge in [0.25, 0.3) is 0 Å². The quantitative estimate of drug-likeness (QED) is 0.794. The lowest BCUT2D eigenvalue weighted by molar-refractivity contribution is 0.363. The van der Waals surface area contributed by atoms with Crippen LogP contribution in [0.5, 0.6) is 5.75 Å². The summed E-state index contributed by atoms with van der Waals surface area (Å²) in [5, 5.41) is 1.05. The van der Waals surface area contributed by atoms with Crippen LogP contribution in [0.3, 0.4) is 0 Å². The third-order valence-electron chi connectivity index (χ3n) is 1.93. The minimum atomic E-state index is 0.159. The van der Waals surface area contributed by atoms with Crippen LogP contribution >= 0.6 is 46.4 Å². The van der Waals surface area contributed by atoms with Crippen LogP contribution in [-0.2, 0) is 0 Å². The fourth-order valence-corrected chi connectivity index (χ4v) is 2.18. The van der Waals surface area contributed by atoms with Crippen LogP contribution in [-0.4, -0.2) is 20.7 Å². The predicted molar refractivity (Wildman–Crippen MR) is 76.1 cm³/mol. The first kappa shape index (κ1) is 14.8. The Balaban J connectivity index is 2.87. The first-order chi connectivity index (χ1) is 7.91. The Morgan fingerprint density at radius 2 is 1.76 bits per heavy atom. The molecule has 0 N–H and O–H groups in total. The van der Waals surface area contributed by atoms with E-state index >= 15 is 0 Å². The summed E-state index contributed by atoms with van der Waals surface area (Å²) in [5.41, 5.74) is 0.756. The number of hydrogen-bond acceptors (Lipinski definition) is 2. The summed E-state index contributed by atoms with van der Waals surface area (Å²) < 4.78 is 5.54. The lowest BCUT2D eigenvalue weighted by Gasteiger charge is -2.17. The van der Waals surface area contributed by atoms with Crippen LogP contribution in [0, 0.1) is 0 Å². The summed E-state index contributed by atoms with van der Waals surface area (Å²) in [6.07, 6.45) is 1.53. The lowest BCUT2D eigenvalue weighted by atomic mass is 10.3. The Kier molecular flexibility index (Phi) is 5.74. The van der Waals surface area contributed by atoms with Gasteiger partial charge >= 0.3 is 0 Å². The molecular weight excluding hydrogens is 304 g/mol. The summed E-state index contributed by atoms with van der Waals surface area (Å²) in [4.78, 5) is 1.84. The van der Waals surface area contributed by atoms with Crippen molar-refractivity contribution in [2.75, 3.05) is 25.6 Å². The number of rotatable bonds is 4. The molecule has 0 atom stereocenters. The topological polar surface area (TPSA) is 12.5 Å². The van der Waals surface area contributed by atoms with Gasteiger partial charge in [-0.1, -0.05) is 46.4 Å². The summed E-state index contributed by atoms with van der Waals surface area (Å²) in [7, 11) is 3.73. The van der Waals surface area contributed by atoms with E-state index in [9.17, 15) is 0 Å². The molecule has 1 aromatic rings. The SMILES string of the molecule is CN(C)c1c(Cl)cc(OCC=C(Cl)Cl)cc1Cl. The number of ether oxygens (including phenoxy) is 1. The molecular formula is C11H11Cl4NO. The van der Waals surface area contributed by atoms with Gasteiger partial charge in [0.1, 0.15) is 16.8 Å². The Bertz CT molecular complexity index is 404. The molecule has 0 spiro atoms. The molecule has 0 unspecified atom stereocenters. The number of hydrogen-bond donors (Lipinski definition) is 0. The number of anilines is 1.